The summed E-state index contributed by atoms with van der Waals surface area (Å²) in [5, 5.41) is 0. The van der Waals surface area contributed by atoms with Crippen molar-refractivity contribution in [2.45, 2.75) is 6.42 Å². The Labute approximate surface area is 91.2 Å². The van der Waals surface area contributed by atoms with Gasteiger partial charge in [-0.1, -0.05) is 23.5 Å². The van der Waals surface area contributed by atoms with Crippen LogP contribution < -0.4 is 5.73 Å². The lowest BCUT2D eigenvalue weighted by atomic mass is 10.3. The van der Waals surface area contributed by atoms with Gasteiger partial charge in [0.25, 0.3) is 0 Å². The third kappa shape index (κ3) is 1.33. The summed E-state index contributed by atoms with van der Waals surface area (Å²) in [5.74, 6) is 0. The molecule has 2 heterocycles. The molecule has 1 aromatic carbocycles. The van der Waals surface area contributed by atoms with E-state index < -0.39 is 0 Å². The van der Waals surface area contributed by atoms with Crippen LogP contribution >= 0.6 is 11.3 Å². The average molecular weight is 217 g/mol. The number of nitrogens with zero attached hydrogens (tertiary/aromatic N) is 2. The van der Waals surface area contributed by atoms with E-state index in [-0.39, 0.29) is 0 Å². The molecule has 0 aliphatic carbocycles. The number of hydrogen-bond donors (Lipinski definition) is 1. The largest absolute Gasteiger partial charge is 0.330 e. The molecule has 76 valence electrons. The van der Waals surface area contributed by atoms with Crippen molar-refractivity contribution in [1.29, 1.82) is 0 Å². The van der Waals surface area contributed by atoms with Crippen molar-refractivity contribution in [3.63, 3.8) is 0 Å². The van der Waals surface area contributed by atoms with Gasteiger partial charge in [-0.25, -0.2) is 4.98 Å². The third-order valence-electron chi connectivity index (χ3n) is 2.45. The van der Waals surface area contributed by atoms with Crippen molar-refractivity contribution in [3.8, 4) is 0 Å². The summed E-state index contributed by atoms with van der Waals surface area (Å²) in [6.45, 7) is 0.656. The molecule has 0 saturated heterocycles. The van der Waals surface area contributed by atoms with Gasteiger partial charge in [-0.15, -0.1) is 0 Å². The summed E-state index contributed by atoms with van der Waals surface area (Å²) >= 11 is 1.72. The molecule has 2 aromatic heterocycles. The van der Waals surface area contributed by atoms with Crippen molar-refractivity contribution in [2.24, 2.45) is 5.73 Å². The number of benzene rings is 1. The van der Waals surface area contributed by atoms with E-state index in [1.807, 2.05) is 0 Å². The highest BCUT2D eigenvalue weighted by Crippen LogP contribution is 2.25. The quantitative estimate of drug-likeness (QED) is 0.714. The van der Waals surface area contributed by atoms with Gasteiger partial charge in [0.15, 0.2) is 4.96 Å². The lowest BCUT2D eigenvalue weighted by molar-refractivity contribution is 0.938. The first-order valence-electron chi connectivity index (χ1n) is 4.94. The van der Waals surface area contributed by atoms with E-state index in [1.54, 1.807) is 11.3 Å². The zero-order chi connectivity index (χ0) is 10.3. The van der Waals surface area contributed by atoms with E-state index in [4.69, 9.17) is 5.73 Å². The van der Waals surface area contributed by atoms with E-state index in [0.29, 0.717) is 6.54 Å². The average Bonchev–Trinajstić information content (AvgIpc) is 2.75. The molecule has 0 radical (unpaired) electrons. The molecular formula is C11H11N3S. The van der Waals surface area contributed by atoms with Gasteiger partial charge in [0, 0.05) is 12.6 Å². The molecule has 3 rings (SSSR count). The van der Waals surface area contributed by atoms with E-state index in [9.17, 15) is 0 Å². The van der Waals surface area contributed by atoms with E-state index >= 15 is 0 Å². The maximum atomic E-state index is 5.52. The van der Waals surface area contributed by atoms with Gasteiger partial charge in [0.2, 0.25) is 0 Å². The number of imidazole rings is 1. The minimum absolute atomic E-state index is 0.656. The van der Waals surface area contributed by atoms with Crippen molar-refractivity contribution >= 4 is 26.5 Å². The first-order valence-corrected chi connectivity index (χ1v) is 5.76. The van der Waals surface area contributed by atoms with Crippen molar-refractivity contribution in [3.05, 3.63) is 36.2 Å². The summed E-state index contributed by atoms with van der Waals surface area (Å²) < 4.78 is 3.42. The molecular weight excluding hydrogens is 206 g/mol. The number of hydrogen-bond acceptors (Lipinski definition) is 3. The maximum absolute atomic E-state index is 5.52. The second-order valence-electron chi connectivity index (χ2n) is 3.49. The summed E-state index contributed by atoms with van der Waals surface area (Å²) in [4.78, 5) is 5.60. The number of aromatic nitrogens is 2. The minimum Gasteiger partial charge on any atom is -0.330 e. The Bertz CT molecular complexity index is 608. The summed E-state index contributed by atoms with van der Waals surface area (Å²) in [6.07, 6.45) is 2.93. The molecule has 0 aliphatic heterocycles. The molecule has 2 N–H and O–H groups in total. The summed E-state index contributed by atoms with van der Waals surface area (Å²) in [6, 6.07) is 8.35. The molecule has 0 saturated carbocycles. The van der Waals surface area contributed by atoms with Crippen LogP contribution in [0.15, 0.2) is 30.5 Å². The Hall–Kier alpha value is -1.39. The van der Waals surface area contributed by atoms with Crippen molar-refractivity contribution in [2.75, 3.05) is 6.54 Å². The second-order valence-corrected chi connectivity index (χ2v) is 4.50. The second kappa shape index (κ2) is 3.32. The van der Waals surface area contributed by atoms with Crippen LogP contribution in [0.2, 0.25) is 0 Å². The topological polar surface area (TPSA) is 43.3 Å². The molecule has 0 amide bonds. The molecule has 0 fully saturated rings. The third-order valence-corrected chi connectivity index (χ3v) is 3.49. The molecule has 3 nitrogen and oxygen atoms in total. The van der Waals surface area contributed by atoms with Gasteiger partial charge in [-0.2, -0.15) is 0 Å². The number of para-hydroxylation sites is 1. The maximum Gasteiger partial charge on any atom is 0.194 e. The highest BCUT2D eigenvalue weighted by atomic mass is 32.1. The number of rotatable bonds is 2. The predicted molar refractivity (Wildman–Crippen MR) is 63.3 cm³/mol. The summed E-state index contributed by atoms with van der Waals surface area (Å²) in [5.41, 5.74) is 7.83. The molecule has 0 spiro atoms. The smallest absolute Gasteiger partial charge is 0.194 e. The van der Waals surface area contributed by atoms with Crippen LogP contribution in [0.1, 0.15) is 5.69 Å². The van der Waals surface area contributed by atoms with Crippen LogP contribution in [0.4, 0.5) is 0 Å². The Balaban J connectivity index is 2.28. The number of fused-ring (bicyclic) bond motifs is 3. The van der Waals surface area contributed by atoms with Gasteiger partial charge in [-0.05, 0) is 18.7 Å². The predicted octanol–water partition coefficient (Wildman–Crippen LogP) is 2.05. The van der Waals surface area contributed by atoms with Crippen LogP contribution in [0.25, 0.3) is 15.2 Å². The van der Waals surface area contributed by atoms with Gasteiger partial charge < -0.3 is 5.73 Å². The van der Waals surface area contributed by atoms with E-state index in [1.165, 1.54) is 10.2 Å². The van der Waals surface area contributed by atoms with Crippen LogP contribution in [0.3, 0.4) is 0 Å². The fraction of sp³-hybridized carbons (Fsp3) is 0.182. The molecule has 15 heavy (non-hydrogen) atoms. The Morgan fingerprint density at radius 2 is 2.20 bits per heavy atom. The molecule has 0 bridgehead atoms. The molecule has 3 aromatic rings. The monoisotopic (exact) mass is 217 g/mol. The fourth-order valence-electron chi connectivity index (χ4n) is 1.76. The number of nitrogens with two attached hydrogens (primary N) is 1. The Morgan fingerprint density at radius 1 is 1.33 bits per heavy atom. The van der Waals surface area contributed by atoms with Crippen LogP contribution in [-0.2, 0) is 6.42 Å². The van der Waals surface area contributed by atoms with Gasteiger partial charge in [0.1, 0.15) is 0 Å². The van der Waals surface area contributed by atoms with Crippen LogP contribution in [0.5, 0.6) is 0 Å². The summed E-state index contributed by atoms with van der Waals surface area (Å²) in [7, 11) is 0. The first-order chi connectivity index (χ1) is 7.38. The Morgan fingerprint density at radius 3 is 3.07 bits per heavy atom. The standard InChI is InChI=1S/C11H11N3S/c12-6-5-8-7-14-9-3-1-2-4-10(9)15-11(14)13-8/h1-4,7H,5-6,12H2. The van der Waals surface area contributed by atoms with Gasteiger partial charge in [-0.3, -0.25) is 4.40 Å². The van der Waals surface area contributed by atoms with E-state index in [0.717, 1.165) is 17.1 Å². The highest BCUT2D eigenvalue weighted by Gasteiger charge is 2.07. The molecule has 0 aliphatic rings. The zero-order valence-electron chi connectivity index (χ0n) is 8.18. The van der Waals surface area contributed by atoms with E-state index in [2.05, 4.69) is 39.8 Å². The molecule has 0 atom stereocenters. The Kier molecular flexibility index (Phi) is 1.97. The SMILES string of the molecule is NCCc1cn2c(n1)sc1ccccc12. The van der Waals surface area contributed by atoms with Crippen LogP contribution in [0, 0.1) is 0 Å². The van der Waals surface area contributed by atoms with Crippen LogP contribution in [-0.4, -0.2) is 15.9 Å². The molecule has 0 unspecified atom stereocenters. The lowest BCUT2D eigenvalue weighted by Crippen LogP contribution is -2.02. The lowest BCUT2D eigenvalue weighted by Gasteiger charge is -1.90. The van der Waals surface area contributed by atoms with Gasteiger partial charge >= 0.3 is 0 Å². The van der Waals surface area contributed by atoms with Crippen molar-refractivity contribution < 1.29 is 0 Å². The van der Waals surface area contributed by atoms with Crippen molar-refractivity contribution in [1.82, 2.24) is 9.38 Å². The zero-order valence-corrected chi connectivity index (χ0v) is 9.00. The first kappa shape index (κ1) is 8.88. The fourth-order valence-corrected chi connectivity index (χ4v) is 2.79. The number of thiazole rings is 1. The van der Waals surface area contributed by atoms with Gasteiger partial charge in [0.05, 0.1) is 15.9 Å². The normalized spacial score (nSPS) is 11.5. The highest BCUT2D eigenvalue weighted by molar-refractivity contribution is 7.23. The molecule has 4 heteroatoms. The minimum atomic E-state index is 0.656.